The predicted molar refractivity (Wildman–Crippen MR) is 95.6 cm³/mol. The zero-order valence-electron chi connectivity index (χ0n) is 13.7. The largest absolute Gasteiger partial charge is 0.324 e. The number of nitrogens with one attached hydrogen (secondary N) is 3. The third-order valence-corrected chi connectivity index (χ3v) is 3.91. The Kier molecular flexibility index (Phi) is 4.72. The number of benzene rings is 2. The van der Waals surface area contributed by atoms with E-state index in [1.807, 2.05) is 61.7 Å². The van der Waals surface area contributed by atoms with Crippen LogP contribution in [-0.2, 0) is 4.79 Å². The Bertz CT molecular complexity index is 810. The van der Waals surface area contributed by atoms with Crippen LogP contribution in [0.25, 0.3) is 11.1 Å². The van der Waals surface area contributed by atoms with Crippen LogP contribution in [0.1, 0.15) is 17.2 Å². The standard InChI is InChI=1S/C19H20N4O/c1-13-4-3-5-15(10-13)18(20-2)19(24)23-17-8-6-14(7-9-17)16-11-21-22-12-16/h3-12,18,20H,1-2H3,(H,21,22)(H,23,24). The Morgan fingerprint density at radius 1 is 1.12 bits per heavy atom. The number of carbonyl (C=O) groups excluding carboxylic acids is 1. The summed E-state index contributed by atoms with van der Waals surface area (Å²) in [4.78, 5) is 12.6. The molecule has 0 aliphatic rings. The summed E-state index contributed by atoms with van der Waals surface area (Å²) in [5.41, 5.74) is 4.90. The molecule has 3 N–H and O–H groups in total. The molecule has 5 heteroatoms. The molecule has 0 bridgehead atoms. The molecule has 0 fully saturated rings. The Morgan fingerprint density at radius 3 is 2.54 bits per heavy atom. The molecule has 2 aromatic carbocycles. The van der Waals surface area contributed by atoms with E-state index in [1.165, 1.54) is 0 Å². The van der Waals surface area contributed by atoms with E-state index in [0.717, 1.165) is 27.9 Å². The first-order valence-corrected chi connectivity index (χ1v) is 7.81. The fraction of sp³-hybridized carbons (Fsp3) is 0.158. The van der Waals surface area contributed by atoms with E-state index in [9.17, 15) is 4.79 Å². The lowest BCUT2D eigenvalue weighted by molar-refractivity contribution is -0.118. The van der Waals surface area contributed by atoms with Gasteiger partial charge in [-0.05, 0) is 37.2 Å². The summed E-state index contributed by atoms with van der Waals surface area (Å²) in [6.45, 7) is 2.02. The molecule has 122 valence electrons. The minimum absolute atomic E-state index is 0.0841. The van der Waals surface area contributed by atoms with Gasteiger partial charge in [0.1, 0.15) is 6.04 Å². The molecule has 0 aliphatic carbocycles. The number of likely N-dealkylation sites (N-methyl/N-ethyl adjacent to an activating group) is 1. The maximum atomic E-state index is 12.6. The maximum absolute atomic E-state index is 12.6. The summed E-state index contributed by atoms with van der Waals surface area (Å²) in [5, 5.41) is 12.8. The second-order valence-corrected chi connectivity index (χ2v) is 5.69. The van der Waals surface area contributed by atoms with Gasteiger partial charge >= 0.3 is 0 Å². The highest BCUT2D eigenvalue weighted by Gasteiger charge is 2.18. The first-order chi connectivity index (χ1) is 11.7. The van der Waals surface area contributed by atoms with Gasteiger partial charge in [-0.1, -0.05) is 42.0 Å². The summed E-state index contributed by atoms with van der Waals surface area (Å²) >= 11 is 0. The quantitative estimate of drug-likeness (QED) is 0.675. The first-order valence-electron chi connectivity index (χ1n) is 7.81. The maximum Gasteiger partial charge on any atom is 0.246 e. The molecule has 0 saturated carbocycles. The molecular formula is C19H20N4O. The molecule has 24 heavy (non-hydrogen) atoms. The monoisotopic (exact) mass is 320 g/mol. The molecule has 5 nitrogen and oxygen atoms in total. The molecule has 3 rings (SSSR count). The third-order valence-electron chi connectivity index (χ3n) is 3.91. The average molecular weight is 320 g/mol. The fourth-order valence-electron chi connectivity index (χ4n) is 2.67. The number of hydrogen-bond acceptors (Lipinski definition) is 3. The number of H-pyrrole nitrogens is 1. The van der Waals surface area contributed by atoms with Crippen molar-refractivity contribution in [3.63, 3.8) is 0 Å². The summed E-state index contributed by atoms with van der Waals surface area (Å²) in [6, 6.07) is 15.3. The minimum Gasteiger partial charge on any atom is -0.324 e. The number of nitrogens with zero attached hydrogens (tertiary/aromatic N) is 1. The molecule has 1 atom stereocenters. The van der Waals surface area contributed by atoms with Crippen molar-refractivity contribution in [2.24, 2.45) is 0 Å². The van der Waals surface area contributed by atoms with Crippen molar-refractivity contribution in [3.05, 3.63) is 72.1 Å². The number of aromatic nitrogens is 2. The van der Waals surface area contributed by atoms with Gasteiger partial charge in [-0.2, -0.15) is 5.10 Å². The van der Waals surface area contributed by atoms with Crippen molar-refractivity contribution >= 4 is 11.6 Å². The van der Waals surface area contributed by atoms with Gasteiger partial charge in [-0.25, -0.2) is 0 Å². The van der Waals surface area contributed by atoms with E-state index in [0.29, 0.717) is 0 Å². The van der Waals surface area contributed by atoms with Gasteiger partial charge in [0.15, 0.2) is 0 Å². The molecule has 0 aliphatic heterocycles. The Balaban J connectivity index is 1.73. The Morgan fingerprint density at radius 2 is 1.92 bits per heavy atom. The van der Waals surface area contributed by atoms with E-state index in [1.54, 1.807) is 13.2 Å². The van der Waals surface area contributed by atoms with E-state index < -0.39 is 6.04 Å². The first kappa shape index (κ1) is 16.0. The SMILES string of the molecule is CNC(C(=O)Nc1ccc(-c2cn[nH]c2)cc1)c1cccc(C)c1. The molecule has 1 unspecified atom stereocenters. The fourth-order valence-corrected chi connectivity index (χ4v) is 2.67. The van der Waals surface area contributed by atoms with Crippen LogP contribution in [0.5, 0.6) is 0 Å². The molecule has 0 radical (unpaired) electrons. The number of carbonyl (C=O) groups is 1. The van der Waals surface area contributed by atoms with Crippen LogP contribution in [-0.4, -0.2) is 23.2 Å². The van der Waals surface area contributed by atoms with Crippen molar-refractivity contribution < 1.29 is 4.79 Å². The van der Waals surface area contributed by atoms with Crippen LogP contribution in [0.2, 0.25) is 0 Å². The van der Waals surface area contributed by atoms with Gasteiger partial charge in [0.05, 0.1) is 6.20 Å². The highest BCUT2D eigenvalue weighted by atomic mass is 16.2. The third kappa shape index (κ3) is 3.52. The summed E-state index contributed by atoms with van der Waals surface area (Å²) in [5.74, 6) is -0.0841. The second kappa shape index (κ2) is 7.10. The van der Waals surface area contributed by atoms with Gasteiger partial charge in [0, 0.05) is 17.4 Å². The van der Waals surface area contributed by atoms with Crippen LogP contribution in [0.4, 0.5) is 5.69 Å². The van der Waals surface area contributed by atoms with Crippen LogP contribution in [0.15, 0.2) is 60.9 Å². The van der Waals surface area contributed by atoms with E-state index in [4.69, 9.17) is 0 Å². The van der Waals surface area contributed by atoms with Gasteiger partial charge in [0.2, 0.25) is 5.91 Å². The van der Waals surface area contributed by atoms with E-state index in [2.05, 4.69) is 20.8 Å². The molecule has 0 saturated heterocycles. The minimum atomic E-state index is -0.390. The summed E-state index contributed by atoms with van der Waals surface area (Å²) < 4.78 is 0. The molecule has 1 amide bonds. The van der Waals surface area contributed by atoms with Crippen molar-refractivity contribution in [2.45, 2.75) is 13.0 Å². The number of anilines is 1. The number of amides is 1. The lowest BCUT2D eigenvalue weighted by atomic mass is 10.0. The Labute approximate surface area is 141 Å². The smallest absolute Gasteiger partial charge is 0.246 e. The summed E-state index contributed by atoms with van der Waals surface area (Å²) in [7, 11) is 1.79. The Hall–Kier alpha value is -2.92. The zero-order valence-corrected chi connectivity index (χ0v) is 13.7. The second-order valence-electron chi connectivity index (χ2n) is 5.69. The van der Waals surface area contributed by atoms with Gasteiger partial charge in [-0.15, -0.1) is 0 Å². The van der Waals surface area contributed by atoms with Crippen LogP contribution in [0, 0.1) is 6.92 Å². The molecule has 1 heterocycles. The number of rotatable bonds is 5. The molecule has 1 aromatic heterocycles. The van der Waals surface area contributed by atoms with Gasteiger partial charge < -0.3 is 10.6 Å². The van der Waals surface area contributed by atoms with Gasteiger partial charge in [0.25, 0.3) is 0 Å². The topological polar surface area (TPSA) is 69.8 Å². The lowest BCUT2D eigenvalue weighted by Crippen LogP contribution is -2.30. The molecule has 3 aromatic rings. The van der Waals surface area contributed by atoms with Crippen LogP contribution < -0.4 is 10.6 Å². The van der Waals surface area contributed by atoms with Crippen molar-refractivity contribution in [3.8, 4) is 11.1 Å². The predicted octanol–water partition coefficient (Wildman–Crippen LogP) is 3.28. The lowest BCUT2D eigenvalue weighted by Gasteiger charge is -2.17. The van der Waals surface area contributed by atoms with E-state index in [-0.39, 0.29) is 5.91 Å². The summed E-state index contributed by atoms with van der Waals surface area (Å²) in [6.07, 6.45) is 3.60. The number of hydrogen-bond donors (Lipinski definition) is 3. The number of aromatic amines is 1. The van der Waals surface area contributed by atoms with Crippen molar-refractivity contribution in [2.75, 3.05) is 12.4 Å². The molecular weight excluding hydrogens is 300 g/mol. The highest BCUT2D eigenvalue weighted by Crippen LogP contribution is 2.21. The van der Waals surface area contributed by atoms with E-state index >= 15 is 0 Å². The highest BCUT2D eigenvalue weighted by molar-refractivity contribution is 5.95. The van der Waals surface area contributed by atoms with Crippen molar-refractivity contribution in [1.29, 1.82) is 0 Å². The zero-order chi connectivity index (χ0) is 16.9. The number of aryl methyl sites for hydroxylation is 1. The van der Waals surface area contributed by atoms with Crippen molar-refractivity contribution in [1.82, 2.24) is 15.5 Å². The van der Waals surface area contributed by atoms with Crippen LogP contribution >= 0.6 is 0 Å². The van der Waals surface area contributed by atoms with Crippen LogP contribution in [0.3, 0.4) is 0 Å². The molecule has 0 spiro atoms. The van der Waals surface area contributed by atoms with Gasteiger partial charge in [-0.3, -0.25) is 9.89 Å². The normalized spacial score (nSPS) is 11.9. The average Bonchev–Trinajstić information content (AvgIpc) is 3.11.